The Hall–Kier alpha value is 0.217. The van der Waals surface area contributed by atoms with Crippen LogP contribution in [0, 0.1) is 5.92 Å². The van der Waals surface area contributed by atoms with E-state index in [-0.39, 0.29) is 8.80 Å². The molecule has 0 spiro atoms. The van der Waals surface area contributed by atoms with Gasteiger partial charge in [0.25, 0.3) is 0 Å². The van der Waals surface area contributed by atoms with Crippen LogP contribution in [0.25, 0.3) is 0 Å². The minimum absolute atomic E-state index is 0.338. The number of hydrogen-bond acceptors (Lipinski definition) is 0. The van der Waals surface area contributed by atoms with Crippen LogP contribution in [0.3, 0.4) is 0 Å². The van der Waals surface area contributed by atoms with E-state index < -0.39 is 0 Å². The average molecular weight is 170 g/mol. The highest BCUT2D eigenvalue weighted by atomic mass is 28.3. The van der Waals surface area contributed by atoms with E-state index in [1.807, 2.05) is 0 Å². The van der Waals surface area contributed by atoms with Crippen LogP contribution in [0.5, 0.6) is 0 Å². The summed E-state index contributed by atoms with van der Waals surface area (Å²) in [5.74, 6) is 1.11. The van der Waals surface area contributed by atoms with Crippen molar-refractivity contribution in [3.8, 4) is 0 Å². The summed E-state index contributed by atoms with van der Waals surface area (Å²) in [6.07, 6.45) is 7.59. The first-order chi connectivity index (χ1) is 5.22. The molecule has 1 aliphatic carbocycles. The molecular formula is C10H22Si. The van der Waals surface area contributed by atoms with Crippen molar-refractivity contribution < 1.29 is 0 Å². The van der Waals surface area contributed by atoms with Gasteiger partial charge in [-0.1, -0.05) is 52.1 Å². The van der Waals surface area contributed by atoms with Gasteiger partial charge in [-0.2, -0.15) is 0 Å². The molecule has 1 saturated carbocycles. The van der Waals surface area contributed by atoms with Gasteiger partial charge in [0.15, 0.2) is 0 Å². The molecular weight excluding hydrogens is 148 g/mol. The van der Waals surface area contributed by atoms with Gasteiger partial charge in [-0.25, -0.2) is 0 Å². The van der Waals surface area contributed by atoms with Crippen molar-refractivity contribution in [2.45, 2.75) is 57.7 Å². The van der Waals surface area contributed by atoms with Gasteiger partial charge in [0.05, 0.1) is 0 Å². The molecule has 1 fully saturated rings. The first-order valence-corrected chi connectivity index (χ1v) is 8.19. The van der Waals surface area contributed by atoms with E-state index in [1.54, 1.807) is 0 Å². The molecule has 0 radical (unpaired) electrons. The van der Waals surface area contributed by atoms with Crippen molar-refractivity contribution in [2.75, 3.05) is 0 Å². The summed E-state index contributed by atoms with van der Waals surface area (Å²) < 4.78 is 0. The Morgan fingerprint density at radius 2 is 1.64 bits per heavy atom. The molecule has 0 heterocycles. The standard InChI is InChI=1S/C10H22Si/c1-9(11(2)3)10-7-5-4-6-8-10/h9-11H,4-8H2,1-3H3. The monoisotopic (exact) mass is 170 g/mol. The van der Waals surface area contributed by atoms with E-state index in [1.165, 1.54) is 32.1 Å². The second kappa shape index (κ2) is 4.29. The minimum Gasteiger partial charge on any atom is -0.0720 e. The van der Waals surface area contributed by atoms with Gasteiger partial charge in [-0.05, 0) is 11.5 Å². The van der Waals surface area contributed by atoms with Crippen LogP contribution in [-0.2, 0) is 0 Å². The lowest BCUT2D eigenvalue weighted by Gasteiger charge is -2.29. The fourth-order valence-electron chi connectivity index (χ4n) is 2.20. The molecule has 1 heteroatoms. The second-order valence-corrected chi connectivity index (χ2v) is 8.04. The van der Waals surface area contributed by atoms with Gasteiger partial charge in [-0.15, -0.1) is 0 Å². The zero-order valence-corrected chi connectivity index (χ0v) is 9.42. The Bertz CT molecular complexity index is 103. The van der Waals surface area contributed by atoms with Crippen LogP contribution in [0.2, 0.25) is 18.6 Å². The summed E-state index contributed by atoms with van der Waals surface area (Å²) in [5, 5.41) is 0. The smallest absolute Gasteiger partial charge is 0.0337 e. The molecule has 0 aliphatic heterocycles. The first-order valence-electron chi connectivity index (χ1n) is 5.22. The molecule has 1 unspecified atom stereocenters. The molecule has 1 atom stereocenters. The molecule has 0 saturated heterocycles. The number of hydrogen-bond donors (Lipinski definition) is 0. The Kier molecular flexibility index (Phi) is 3.63. The molecule has 0 N–H and O–H groups in total. The molecule has 0 aromatic heterocycles. The SMILES string of the molecule is CC(C1CCCCC1)[SiH](C)C. The van der Waals surface area contributed by atoms with E-state index in [4.69, 9.17) is 0 Å². The quantitative estimate of drug-likeness (QED) is 0.557. The van der Waals surface area contributed by atoms with Crippen LogP contribution in [0.4, 0.5) is 0 Å². The predicted octanol–water partition coefficient (Wildman–Crippen LogP) is 3.44. The second-order valence-electron chi connectivity index (χ2n) is 4.50. The molecule has 0 bridgehead atoms. The van der Waals surface area contributed by atoms with E-state index in [9.17, 15) is 0 Å². The van der Waals surface area contributed by atoms with Gasteiger partial charge in [0.1, 0.15) is 0 Å². The lowest BCUT2D eigenvalue weighted by Crippen LogP contribution is -2.20. The molecule has 0 nitrogen and oxygen atoms in total. The van der Waals surface area contributed by atoms with Gasteiger partial charge >= 0.3 is 0 Å². The molecule has 0 aromatic rings. The summed E-state index contributed by atoms with van der Waals surface area (Å²) in [4.78, 5) is 0. The normalized spacial score (nSPS) is 24.0. The summed E-state index contributed by atoms with van der Waals surface area (Å²) >= 11 is 0. The maximum atomic E-state index is 2.50. The van der Waals surface area contributed by atoms with Crippen LogP contribution >= 0.6 is 0 Å². The maximum absolute atomic E-state index is 2.50. The average Bonchev–Trinajstić information content (AvgIpc) is 2.05. The highest BCUT2D eigenvalue weighted by Crippen LogP contribution is 2.34. The Balaban J connectivity index is 2.32. The third kappa shape index (κ3) is 2.62. The highest BCUT2D eigenvalue weighted by molar-refractivity contribution is 6.57. The van der Waals surface area contributed by atoms with Crippen molar-refractivity contribution in [1.82, 2.24) is 0 Å². The highest BCUT2D eigenvalue weighted by Gasteiger charge is 2.22. The summed E-state index contributed by atoms with van der Waals surface area (Å²) in [6, 6.07) is 0. The van der Waals surface area contributed by atoms with Crippen LogP contribution in [0.15, 0.2) is 0 Å². The Morgan fingerprint density at radius 3 is 2.09 bits per heavy atom. The van der Waals surface area contributed by atoms with Gasteiger partial charge < -0.3 is 0 Å². The van der Waals surface area contributed by atoms with E-state index >= 15 is 0 Å². The van der Waals surface area contributed by atoms with Crippen molar-refractivity contribution in [3.05, 3.63) is 0 Å². The molecule has 1 rings (SSSR count). The first kappa shape index (κ1) is 9.31. The summed E-state index contributed by atoms with van der Waals surface area (Å²) in [5.41, 5.74) is 1.09. The van der Waals surface area contributed by atoms with E-state index in [0.717, 1.165) is 11.5 Å². The Labute approximate surface area is 73.0 Å². The summed E-state index contributed by atoms with van der Waals surface area (Å²) in [6.45, 7) is 7.49. The fourth-order valence-corrected chi connectivity index (χ4v) is 3.68. The third-order valence-electron chi connectivity index (χ3n) is 3.44. The molecule has 0 amide bonds. The van der Waals surface area contributed by atoms with Crippen LogP contribution < -0.4 is 0 Å². The summed E-state index contributed by atoms with van der Waals surface area (Å²) in [7, 11) is -0.338. The largest absolute Gasteiger partial charge is 0.0720 e. The zero-order valence-electron chi connectivity index (χ0n) is 8.27. The van der Waals surface area contributed by atoms with Gasteiger partial charge in [0, 0.05) is 8.80 Å². The fraction of sp³-hybridized carbons (Fsp3) is 1.00. The maximum Gasteiger partial charge on any atom is 0.0337 e. The molecule has 0 aromatic carbocycles. The van der Waals surface area contributed by atoms with Gasteiger partial charge in [0.2, 0.25) is 0 Å². The predicted molar refractivity (Wildman–Crippen MR) is 54.9 cm³/mol. The van der Waals surface area contributed by atoms with Crippen molar-refractivity contribution in [1.29, 1.82) is 0 Å². The van der Waals surface area contributed by atoms with Crippen molar-refractivity contribution in [3.63, 3.8) is 0 Å². The number of rotatable bonds is 2. The molecule has 66 valence electrons. The lowest BCUT2D eigenvalue weighted by atomic mass is 9.87. The topological polar surface area (TPSA) is 0 Å². The molecule has 1 aliphatic rings. The van der Waals surface area contributed by atoms with Crippen molar-refractivity contribution >= 4 is 8.80 Å². The molecule has 11 heavy (non-hydrogen) atoms. The van der Waals surface area contributed by atoms with Gasteiger partial charge in [-0.3, -0.25) is 0 Å². The van der Waals surface area contributed by atoms with E-state index in [0.29, 0.717) is 0 Å². The zero-order chi connectivity index (χ0) is 8.27. The van der Waals surface area contributed by atoms with Crippen LogP contribution in [0.1, 0.15) is 39.0 Å². The third-order valence-corrected chi connectivity index (χ3v) is 6.09. The van der Waals surface area contributed by atoms with E-state index in [2.05, 4.69) is 20.0 Å². The minimum atomic E-state index is -0.338. The Morgan fingerprint density at radius 1 is 1.09 bits per heavy atom. The van der Waals surface area contributed by atoms with Crippen molar-refractivity contribution in [2.24, 2.45) is 5.92 Å². The lowest BCUT2D eigenvalue weighted by molar-refractivity contribution is 0.347. The van der Waals surface area contributed by atoms with Crippen LogP contribution in [-0.4, -0.2) is 8.80 Å².